The van der Waals surface area contributed by atoms with E-state index >= 15 is 0 Å². The highest BCUT2D eigenvalue weighted by molar-refractivity contribution is 6.07. The molecule has 0 aliphatic carbocycles. The summed E-state index contributed by atoms with van der Waals surface area (Å²) in [6, 6.07) is 7.89. The number of nitrogens with zero attached hydrogens (tertiary/aromatic N) is 2. The Morgan fingerprint density at radius 1 is 1.32 bits per heavy atom. The fourth-order valence-electron chi connectivity index (χ4n) is 3.65. The van der Waals surface area contributed by atoms with Crippen LogP contribution in [0.4, 0.5) is 5.69 Å². The van der Waals surface area contributed by atoms with E-state index < -0.39 is 0 Å². The predicted molar refractivity (Wildman–Crippen MR) is 102 cm³/mol. The van der Waals surface area contributed by atoms with Crippen LogP contribution in [0.3, 0.4) is 0 Å². The van der Waals surface area contributed by atoms with Crippen molar-refractivity contribution in [2.24, 2.45) is 5.73 Å². The summed E-state index contributed by atoms with van der Waals surface area (Å²) in [7, 11) is 0. The Kier molecular flexibility index (Phi) is 4.65. The minimum atomic E-state index is -0.0526. The third kappa shape index (κ3) is 3.19. The quantitative estimate of drug-likeness (QED) is 0.921. The molecule has 0 radical (unpaired) electrons. The molecule has 1 amide bonds. The van der Waals surface area contributed by atoms with E-state index in [-0.39, 0.29) is 17.4 Å². The molecule has 0 bridgehead atoms. The lowest BCUT2D eigenvalue weighted by molar-refractivity contribution is 0.0982. The Morgan fingerprint density at radius 2 is 2.00 bits per heavy atom. The van der Waals surface area contributed by atoms with Crippen LogP contribution in [0, 0.1) is 0 Å². The lowest BCUT2D eigenvalue weighted by atomic mass is 9.75. The minimum Gasteiger partial charge on any atom is -0.324 e. The van der Waals surface area contributed by atoms with E-state index in [0.717, 1.165) is 24.1 Å². The Labute approximate surface area is 150 Å². The molecule has 2 N–H and O–H groups in total. The van der Waals surface area contributed by atoms with Crippen molar-refractivity contribution in [3.63, 3.8) is 0 Å². The molecule has 1 atom stereocenters. The zero-order valence-corrected chi connectivity index (χ0v) is 15.5. The molecule has 3 rings (SSSR count). The topological polar surface area (TPSA) is 59.2 Å². The van der Waals surface area contributed by atoms with Crippen LogP contribution in [0.25, 0.3) is 0 Å². The smallest absolute Gasteiger partial charge is 0.258 e. The SMILES string of the molecule is CCc1cc2c(cc1[C@H](C)N)N(C(=O)c1ccncc1)CCC2(C)C. The van der Waals surface area contributed by atoms with Crippen molar-refractivity contribution in [3.8, 4) is 0 Å². The molecular formula is C21H27N3O. The van der Waals surface area contributed by atoms with Crippen LogP contribution >= 0.6 is 0 Å². The second kappa shape index (κ2) is 6.60. The number of nitrogens with two attached hydrogens (primary N) is 1. The normalized spacial score (nSPS) is 17.1. The second-order valence-electron chi connectivity index (χ2n) is 7.54. The summed E-state index contributed by atoms with van der Waals surface area (Å²) in [6.45, 7) is 9.38. The van der Waals surface area contributed by atoms with Gasteiger partial charge in [-0.1, -0.05) is 26.8 Å². The zero-order valence-electron chi connectivity index (χ0n) is 15.5. The highest BCUT2D eigenvalue weighted by Gasteiger charge is 2.35. The van der Waals surface area contributed by atoms with Crippen LogP contribution in [0.2, 0.25) is 0 Å². The molecule has 0 spiro atoms. The van der Waals surface area contributed by atoms with Gasteiger partial charge in [-0.05, 0) is 60.1 Å². The Morgan fingerprint density at radius 3 is 2.60 bits per heavy atom. The summed E-state index contributed by atoms with van der Waals surface area (Å²) in [5, 5.41) is 0. The zero-order chi connectivity index (χ0) is 18.2. The maximum atomic E-state index is 13.1. The van der Waals surface area contributed by atoms with Gasteiger partial charge in [0, 0.05) is 36.2 Å². The van der Waals surface area contributed by atoms with Crippen LogP contribution < -0.4 is 10.6 Å². The molecular weight excluding hydrogens is 310 g/mol. The number of amides is 1. The molecule has 4 heteroatoms. The first kappa shape index (κ1) is 17.6. The number of rotatable bonds is 3. The number of aryl methyl sites for hydroxylation is 1. The van der Waals surface area contributed by atoms with Gasteiger partial charge in [0.1, 0.15) is 0 Å². The van der Waals surface area contributed by atoms with Crippen molar-refractivity contribution in [2.75, 3.05) is 11.4 Å². The number of benzene rings is 1. The Balaban J connectivity index is 2.14. The predicted octanol–water partition coefficient (Wildman–Crippen LogP) is 3.99. The summed E-state index contributed by atoms with van der Waals surface area (Å²) < 4.78 is 0. The molecule has 4 nitrogen and oxygen atoms in total. The van der Waals surface area contributed by atoms with E-state index in [1.807, 2.05) is 11.8 Å². The van der Waals surface area contributed by atoms with Crippen molar-refractivity contribution < 1.29 is 4.79 Å². The van der Waals surface area contributed by atoms with Gasteiger partial charge in [-0.2, -0.15) is 0 Å². The number of carbonyl (C=O) groups is 1. The van der Waals surface area contributed by atoms with Crippen LogP contribution in [-0.4, -0.2) is 17.4 Å². The van der Waals surface area contributed by atoms with Crippen molar-refractivity contribution in [1.29, 1.82) is 0 Å². The minimum absolute atomic E-state index is 0.0269. The first-order valence-electron chi connectivity index (χ1n) is 9.00. The molecule has 1 aliphatic rings. The fraction of sp³-hybridized carbons (Fsp3) is 0.429. The Bertz CT molecular complexity index is 781. The van der Waals surface area contributed by atoms with Gasteiger partial charge in [-0.15, -0.1) is 0 Å². The number of pyridine rings is 1. The second-order valence-corrected chi connectivity index (χ2v) is 7.54. The number of aromatic nitrogens is 1. The number of anilines is 1. The van der Waals surface area contributed by atoms with E-state index in [9.17, 15) is 4.79 Å². The van der Waals surface area contributed by atoms with Crippen molar-refractivity contribution in [2.45, 2.75) is 52.0 Å². The molecule has 25 heavy (non-hydrogen) atoms. The van der Waals surface area contributed by atoms with Crippen molar-refractivity contribution in [3.05, 3.63) is 58.9 Å². The van der Waals surface area contributed by atoms with E-state index in [1.54, 1.807) is 24.5 Å². The average molecular weight is 337 g/mol. The van der Waals surface area contributed by atoms with Crippen molar-refractivity contribution in [1.82, 2.24) is 4.98 Å². The molecule has 0 unspecified atom stereocenters. The molecule has 2 heterocycles. The molecule has 1 aromatic heterocycles. The van der Waals surface area contributed by atoms with Crippen LogP contribution in [-0.2, 0) is 11.8 Å². The molecule has 1 aromatic carbocycles. The lowest BCUT2D eigenvalue weighted by Crippen LogP contribution is -2.41. The summed E-state index contributed by atoms with van der Waals surface area (Å²) in [5.41, 5.74) is 11.6. The van der Waals surface area contributed by atoms with Gasteiger partial charge in [0.05, 0.1) is 0 Å². The van der Waals surface area contributed by atoms with Gasteiger partial charge in [-0.25, -0.2) is 0 Å². The van der Waals surface area contributed by atoms with Gasteiger partial charge >= 0.3 is 0 Å². The standard InChI is InChI=1S/C21H27N3O/c1-5-15-12-18-19(13-17(15)14(2)22)24(11-8-21(18,3)4)20(25)16-6-9-23-10-7-16/h6-7,9-10,12-14H,5,8,11,22H2,1-4H3/t14-/m0/s1. The fourth-order valence-corrected chi connectivity index (χ4v) is 3.65. The summed E-state index contributed by atoms with van der Waals surface area (Å²) in [5.74, 6) is 0.0269. The molecule has 0 saturated heterocycles. The molecule has 0 saturated carbocycles. The van der Waals surface area contributed by atoms with E-state index in [0.29, 0.717) is 12.1 Å². The van der Waals surface area contributed by atoms with Crippen LogP contribution in [0.15, 0.2) is 36.7 Å². The molecule has 2 aromatic rings. The highest BCUT2D eigenvalue weighted by atomic mass is 16.2. The maximum Gasteiger partial charge on any atom is 0.258 e. The summed E-state index contributed by atoms with van der Waals surface area (Å²) >= 11 is 0. The largest absolute Gasteiger partial charge is 0.324 e. The van der Waals surface area contributed by atoms with Gasteiger partial charge < -0.3 is 10.6 Å². The van der Waals surface area contributed by atoms with E-state index in [1.165, 1.54) is 11.1 Å². The van der Waals surface area contributed by atoms with Gasteiger partial charge in [0.25, 0.3) is 5.91 Å². The summed E-state index contributed by atoms with van der Waals surface area (Å²) in [6.07, 6.45) is 5.21. The van der Waals surface area contributed by atoms with E-state index in [4.69, 9.17) is 5.73 Å². The van der Waals surface area contributed by atoms with Crippen LogP contribution in [0.1, 0.15) is 67.2 Å². The first-order valence-corrected chi connectivity index (χ1v) is 9.00. The van der Waals surface area contributed by atoms with E-state index in [2.05, 4.69) is 37.9 Å². The van der Waals surface area contributed by atoms with Crippen molar-refractivity contribution >= 4 is 11.6 Å². The highest BCUT2D eigenvalue weighted by Crippen LogP contribution is 2.42. The van der Waals surface area contributed by atoms with Gasteiger partial charge in [-0.3, -0.25) is 9.78 Å². The van der Waals surface area contributed by atoms with Gasteiger partial charge in [0.2, 0.25) is 0 Å². The lowest BCUT2D eigenvalue weighted by Gasteiger charge is -2.40. The van der Waals surface area contributed by atoms with Crippen LogP contribution in [0.5, 0.6) is 0 Å². The molecule has 132 valence electrons. The van der Waals surface area contributed by atoms with Gasteiger partial charge in [0.15, 0.2) is 0 Å². The number of carbonyl (C=O) groups excluding carboxylic acids is 1. The number of fused-ring (bicyclic) bond motifs is 1. The average Bonchev–Trinajstić information content (AvgIpc) is 2.61. The monoisotopic (exact) mass is 337 g/mol. The third-order valence-electron chi connectivity index (χ3n) is 5.28. The summed E-state index contributed by atoms with van der Waals surface area (Å²) in [4.78, 5) is 19.0. The Hall–Kier alpha value is -2.20. The first-order chi connectivity index (χ1) is 11.8. The molecule has 0 fully saturated rings. The number of hydrogen-bond donors (Lipinski definition) is 1. The third-order valence-corrected chi connectivity index (χ3v) is 5.28. The maximum absolute atomic E-state index is 13.1. The molecule has 1 aliphatic heterocycles. The number of hydrogen-bond acceptors (Lipinski definition) is 3.